The summed E-state index contributed by atoms with van der Waals surface area (Å²) in [5.41, 5.74) is 2.42. The van der Waals surface area contributed by atoms with E-state index >= 15 is 0 Å². The normalized spacial score (nSPS) is 16.4. The quantitative estimate of drug-likeness (QED) is 0.529. The van der Waals surface area contributed by atoms with Gasteiger partial charge in [-0.2, -0.15) is 4.98 Å². The molecule has 70 valence electrons. The number of aromatic nitrogens is 2. The lowest BCUT2D eigenvalue weighted by atomic mass is 9.96. The van der Waals surface area contributed by atoms with Gasteiger partial charge in [-0.05, 0) is 19.3 Å². The van der Waals surface area contributed by atoms with E-state index in [9.17, 15) is 0 Å². The monoisotopic (exact) mass is 180 g/mol. The second-order valence-electron chi connectivity index (χ2n) is 3.06. The van der Waals surface area contributed by atoms with Gasteiger partial charge in [-0.15, -0.1) is 0 Å². The fourth-order valence-electron chi connectivity index (χ4n) is 1.13. The fourth-order valence-corrected chi connectivity index (χ4v) is 1.13. The van der Waals surface area contributed by atoms with Crippen LogP contribution in [-0.2, 0) is 0 Å². The Labute approximate surface area is 76.3 Å². The molecular weight excluding hydrogens is 168 g/mol. The second-order valence-corrected chi connectivity index (χ2v) is 3.06. The zero-order valence-electron chi connectivity index (χ0n) is 7.23. The van der Waals surface area contributed by atoms with Gasteiger partial charge in [0.25, 0.3) is 0 Å². The second kappa shape index (κ2) is 3.57. The van der Waals surface area contributed by atoms with Crippen molar-refractivity contribution in [3.05, 3.63) is 12.4 Å². The molecular formula is C8H12N4O. The van der Waals surface area contributed by atoms with E-state index in [4.69, 9.17) is 10.6 Å². The number of ether oxygens (including phenoxy) is 1. The first-order valence-electron chi connectivity index (χ1n) is 4.34. The van der Waals surface area contributed by atoms with Crippen molar-refractivity contribution >= 4 is 5.82 Å². The van der Waals surface area contributed by atoms with Crippen molar-refractivity contribution < 1.29 is 4.74 Å². The Bertz CT molecular complexity index is 287. The molecule has 0 aromatic carbocycles. The average molecular weight is 180 g/mol. The van der Waals surface area contributed by atoms with Crippen LogP contribution >= 0.6 is 0 Å². The molecule has 13 heavy (non-hydrogen) atoms. The van der Waals surface area contributed by atoms with Gasteiger partial charge < -0.3 is 10.2 Å². The third kappa shape index (κ3) is 1.86. The standard InChI is InChI=1S/C8H12N4O/c9-12-7-4-10-5-8(11-7)13-6-2-1-3-6/h4-6H,1-3,9H2,(H,11,12). The number of hydrazine groups is 1. The number of nitrogens with zero attached hydrogens (tertiary/aromatic N) is 2. The molecule has 5 nitrogen and oxygen atoms in total. The number of nitrogens with one attached hydrogen (secondary N) is 1. The minimum absolute atomic E-state index is 0.322. The van der Waals surface area contributed by atoms with Crippen LogP contribution in [0.2, 0.25) is 0 Å². The van der Waals surface area contributed by atoms with Gasteiger partial charge in [-0.1, -0.05) is 0 Å². The Hall–Kier alpha value is -1.36. The van der Waals surface area contributed by atoms with Crippen molar-refractivity contribution in [3.63, 3.8) is 0 Å². The third-order valence-electron chi connectivity index (χ3n) is 2.10. The summed E-state index contributed by atoms with van der Waals surface area (Å²) in [6, 6.07) is 0. The SMILES string of the molecule is NNc1cncc(OC2CCC2)n1. The van der Waals surface area contributed by atoms with Crippen LogP contribution < -0.4 is 16.0 Å². The molecule has 0 spiro atoms. The minimum Gasteiger partial charge on any atom is -0.473 e. The summed E-state index contributed by atoms with van der Waals surface area (Å²) in [5.74, 6) is 6.25. The summed E-state index contributed by atoms with van der Waals surface area (Å²) in [7, 11) is 0. The van der Waals surface area contributed by atoms with E-state index in [0.717, 1.165) is 12.8 Å². The smallest absolute Gasteiger partial charge is 0.234 e. The van der Waals surface area contributed by atoms with Crippen LogP contribution in [0.3, 0.4) is 0 Å². The summed E-state index contributed by atoms with van der Waals surface area (Å²) in [6.45, 7) is 0. The lowest BCUT2D eigenvalue weighted by Crippen LogP contribution is -2.25. The Morgan fingerprint density at radius 1 is 1.46 bits per heavy atom. The van der Waals surface area contributed by atoms with Crippen molar-refractivity contribution in [1.29, 1.82) is 0 Å². The van der Waals surface area contributed by atoms with Gasteiger partial charge in [-0.3, -0.25) is 4.98 Å². The molecule has 0 amide bonds. The van der Waals surface area contributed by atoms with Crippen LogP contribution in [0, 0.1) is 0 Å². The Morgan fingerprint density at radius 3 is 2.92 bits per heavy atom. The van der Waals surface area contributed by atoms with Gasteiger partial charge in [0.15, 0.2) is 5.82 Å². The molecule has 1 saturated carbocycles. The summed E-state index contributed by atoms with van der Waals surface area (Å²) in [5, 5.41) is 0. The van der Waals surface area contributed by atoms with E-state index in [1.165, 1.54) is 6.42 Å². The van der Waals surface area contributed by atoms with Crippen LogP contribution in [0.25, 0.3) is 0 Å². The molecule has 2 rings (SSSR count). The van der Waals surface area contributed by atoms with Gasteiger partial charge in [0, 0.05) is 0 Å². The lowest BCUT2D eigenvalue weighted by Gasteiger charge is -2.25. The Morgan fingerprint density at radius 2 is 2.31 bits per heavy atom. The predicted molar refractivity (Wildman–Crippen MR) is 48.1 cm³/mol. The number of nitrogen functional groups attached to an aromatic ring is 1. The first kappa shape index (κ1) is 8.25. The highest BCUT2D eigenvalue weighted by Gasteiger charge is 2.19. The maximum atomic E-state index is 5.52. The van der Waals surface area contributed by atoms with E-state index in [-0.39, 0.29) is 0 Å². The lowest BCUT2D eigenvalue weighted by molar-refractivity contribution is 0.114. The topological polar surface area (TPSA) is 73.1 Å². The fraction of sp³-hybridized carbons (Fsp3) is 0.500. The van der Waals surface area contributed by atoms with Crippen molar-refractivity contribution in [2.45, 2.75) is 25.4 Å². The van der Waals surface area contributed by atoms with E-state index in [2.05, 4.69) is 15.4 Å². The maximum absolute atomic E-state index is 5.52. The third-order valence-corrected chi connectivity index (χ3v) is 2.10. The first-order chi connectivity index (χ1) is 6.38. The molecule has 0 aliphatic heterocycles. The molecule has 1 fully saturated rings. The molecule has 0 unspecified atom stereocenters. The summed E-state index contributed by atoms with van der Waals surface area (Å²) >= 11 is 0. The summed E-state index contributed by atoms with van der Waals surface area (Å²) in [6.07, 6.45) is 6.94. The van der Waals surface area contributed by atoms with Crippen LogP contribution in [0.4, 0.5) is 5.82 Å². The van der Waals surface area contributed by atoms with E-state index in [1.54, 1.807) is 12.4 Å². The number of hydrogen-bond acceptors (Lipinski definition) is 5. The van der Waals surface area contributed by atoms with Gasteiger partial charge in [0.2, 0.25) is 5.88 Å². The molecule has 0 saturated heterocycles. The molecule has 0 radical (unpaired) electrons. The van der Waals surface area contributed by atoms with Crippen molar-refractivity contribution in [2.24, 2.45) is 5.84 Å². The summed E-state index contributed by atoms with van der Waals surface area (Å²) < 4.78 is 5.52. The zero-order chi connectivity index (χ0) is 9.10. The molecule has 0 bridgehead atoms. The predicted octanol–water partition coefficient (Wildman–Crippen LogP) is 0.693. The largest absolute Gasteiger partial charge is 0.473 e. The molecule has 5 heteroatoms. The van der Waals surface area contributed by atoms with Gasteiger partial charge >= 0.3 is 0 Å². The minimum atomic E-state index is 0.322. The number of rotatable bonds is 3. The van der Waals surface area contributed by atoms with E-state index in [0.29, 0.717) is 17.8 Å². The van der Waals surface area contributed by atoms with Crippen LogP contribution in [0.5, 0.6) is 5.88 Å². The molecule has 1 aromatic heterocycles. The van der Waals surface area contributed by atoms with E-state index in [1.807, 2.05) is 0 Å². The van der Waals surface area contributed by atoms with Gasteiger partial charge in [0.05, 0.1) is 12.4 Å². The molecule has 1 aromatic rings. The Kier molecular flexibility index (Phi) is 2.27. The average Bonchev–Trinajstić information content (AvgIpc) is 2.12. The number of anilines is 1. The van der Waals surface area contributed by atoms with Crippen molar-refractivity contribution in [2.75, 3.05) is 5.43 Å². The van der Waals surface area contributed by atoms with Crippen LogP contribution in [0.15, 0.2) is 12.4 Å². The van der Waals surface area contributed by atoms with Crippen LogP contribution in [0.1, 0.15) is 19.3 Å². The molecule has 1 aliphatic carbocycles. The highest BCUT2D eigenvalue weighted by molar-refractivity contribution is 5.31. The van der Waals surface area contributed by atoms with Crippen LogP contribution in [-0.4, -0.2) is 16.1 Å². The van der Waals surface area contributed by atoms with Crippen molar-refractivity contribution in [1.82, 2.24) is 9.97 Å². The van der Waals surface area contributed by atoms with E-state index < -0.39 is 0 Å². The van der Waals surface area contributed by atoms with Gasteiger partial charge in [-0.25, -0.2) is 5.84 Å². The highest BCUT2D eigenvalue weighted by Crippen LogP contribution is 2.23. The van der Waals surface area contributed by atoms with Crippen molar-refractivity contribution in [3.8, 4) is 5.88 Å². The number of nitrogens with two attached hydrogens (primary N) is 1. The maximum Gasteiger partial charge on any atom is 0.234 e. The summed E-state index contributed by atoms with van der Waals surface area (Å²) in [4.78, 5) is 8.03. The number of hydrogen-bond donors (Lipinski definition) is 2. The molecule has 3 N–H and O–H groups in total. The molecule has 1 aliphatic rings. The molecule has 1 heterocycles. The Balaban J connectivity index is 2.01. The highest BCUT2D eigenvalue weighted by atomic mass is 16.5. The zero-order valence-corrected chi connectivity index (χ0v) is 7.23. The first-order valence-corrected chi connectivity index (χ1v) is 4.34. The molecule has 0 atom stereocenters. The van der Waals surface area contributed by atoms with Gasteiger partial charge in [0.1, 0.15) is 6.10 Å².